The van der Waals surface area contributed by atoms with Gasteiger partial charge in [0.05, 0.1) is 5.56 Å². The molecule has 5 nitrogen and oxygen atoms in total. The summed E-state index contributed by atoms with van der Waals surface area (Å²) in [5, 5.41) is 1.67. The number of sulfonamides is 1. The van der Waals surface area contributed by atoms with Gasteiger partial charge in [0.1, 0.15) is 4.21 Å². The van der Waals surface area contributed by atoms with E-state index in [1.54, 1.807) is 10.3 Å². The molecule has 1 aromatic carbocycles. The molecule has 0 spiro atoms. The number of amides is 1. The van der Waals surface area contributed by atoms with Crippen molar-refractivity contribution in [1.29, 1.82) is 0 Å². The summed E-state index contributed by atoms with van der Waals surface area (Å²) < 4.78 is 27.7. The predicted molar refractivity (Wildman–Crippen MR) is 107 cm³/mol. The summed E-state index contributed by atoms with van der Waals surface area (Å²) in [6.07, 6.45) is 4.71. The minimum atomic E-state index is -3.57. The van der Waals surface area contributed by atoms with Crippen molar-refractivity contribution in [2.75, 3.05) is 26.2 Å². The van der Waals surface area contributed by atoms with Gasteiger partial charge in [-0.05, 0) is 36.5 Å². The fourth-order valence-corrected chi connectivity index (χ4v) is 6.26. The van der Waals surface area contributed by atoms with Gasteiger partial charge < -0.3 is 4.90 Å². The van der Waals surface area contributed by atoms with E-state index >= 15 is 0 Å². The Morgan fingerprint density at radius 1 is 1.04 bits per heavy atom. The van der Waals surface area contributed by atoms with E-state index in [0.717, 1.165) is 42.8 Å². The lowest BCUT2D eigenvalue weighted by Crippen LogP contribution is -2.34. The molecule has 142 valence electrons. The van der Waals surface area contributed by atoms with Crippen LogP contribution in [0.1, 0.15) is 35.2 Å². The summed E-state index contributed by atoms with van der Waals surface area (Å²) in [7, 11) is -3.57. The van der Waals surface area contributed by atoms with Gasteiger partial charge in [-0.2, -0.15) is 4.31 Å². The highest BCUT2D eigenvalue weighted by atomic mass is 32.2. The quantitative estimate of drug-likeness (QED) is 0.787. The van der Waals surface area contributed by atoms with Crippen LogP contribution in [-0.2, 0) is 10.0 Å². The molecule has 1 saturated heterocycles. The van der Waals surface area contributed by atoms with Gasteiger partial charge in [0.2, 0.25) is 0 Å². The van der Waals surface area contributed by atoms with Gasteiger partial charge in [-0.1, -0.05) is 36.4 Å². The monoisotopic (exact) mass is 402 g/mol. The number of nitrogens with zero attached hydrogens (tertiary/aromatic N) is 2. The number of hydrogen-bond acceptors (Lipinski definition) is 4. The first-order valence-electron chi connectivity index (χ1n) is 9.18. The number of hydrogen-bond donors (Lipinski definition) is 0. The minimum Gasteiger partial charge on any atom is -0.339 e. The fraction of sp³-hybridized carbons (Fsp3) is 0.350. The van der Waals surface area contributed by atoms with E-state index < -0.39 is 10.0 Å². The van der Waals surface area contributed by atoms with Crippen LogP contribution in [0.25, 0.3) is 5.57 Å². The molecule has 1 amide bonds. The van der Waals surface area contributed by atoms with Crippen molar-refractivity contribution in [2.45, 2.75) is 23.5 Å². The standard InChI is InChI=1S/C20H22N2O3S2/c23-20(21-10-4-5-11-21)18-14-19(26-15-18)27(24,25)22-12-8-17(9-13-22)16-6-2-1-3-7-16/h1-3,6-8,14-15H,4-5,9-13H2. The molecule has 1 fully saturated rings. The Bertz CT molecular complexity index is 958. The van der Waals surface area contributed by atoms with Crippen molar-refractivity contribution in [3.63, 3.8) is 0 Å². The number of benzene rings is 1. The van der Waals surface area contributed by atoms with Gasteiger partial charge >= 0.3 is 0 Å². The third kappa shape index (κ3) is 3.72. The van der Waals surface area contributed by atoms with Crippen molar-refractivity contribution in [1.82, 2.24) is 9.21 Å². The molecule has 0 radical (unpaired) electrons. The molecule has 0 unspecified atom stereocenters. The summed E-state index contributed by atoms with van der Waals surface area (Å²) >= 11 is 1.14. The van der Waals surface area contributed by atoms with Gasteiger partial charge in [0.15, 0.2) is 0 Å². The molecule has 2 aliphatic heterocycles. The van der Waals surface area contributed by atoms with Crippen molar-refractivity contribution in [3.8, 4) is 0 Å². The number of carbonyl (C=O) groups excluding carboxylic acids is 1. The zero-order valence-electron chi connectivity index (χ0n) is 15.0. The first-order chi connectivity index (χ1) is 13.1. The van der Waals surface area contributed by atoms with E-state index in [1.807, 2.05) is 36.4 Å². The maximum absolute atomic E-state index is 13.0. The highest BCUT2D eigenvalue weighted by molar-refractivity contribution is 7.91. The summed E-state index contributed by atoms with van der Waals surface area (Å²) in [6, 6.07) is 11.6. The van der Waals surface area contributed by atoms with Gasteiger partial charge in [-0.15, -0.1) is 11.3 Å². The van der Waals surface area contributed by atoms with Crippen LogP contribution in [0.2, 0.25) is 0 Å². The average Bonchev–Trinajstić information content (AvgIpc) is 3.41. The zero-order chi connectivity index (χ0) is 18.9. The Labute approximate surface area is 164 Å². The Hall–Kier alpha value is -1.96. The minimum absolute atomic E-state index is 0.0601. The van der Waals surface area contributed by atoms with Crippen LogP contribution >= 0.6 is 11.3 Å². The largest absolute Gasteiger partial charge is 0.339 e. The molecule has 27 heavy (non-hydrogen) atoms. The van der Waals surface area contributed by atoms with Crippen molar-refractivity contribution < 1.29 is 13.2 Å². The number of thiophene rings is 1. The van der Waals surface area contributed by atoms with Crippen LogP contribution < -0.4 is 0 Å². The summed E-state index contributed by atoms with van der Waals surface area (Å²) in [5.41, 5.74) is 2.81. The summed E-state index contributed by atoms with van der Waals surface area (Å²) in [5.74, 6) is -0.0601. The fourth-order valence-electron chi connectivity index (χ4n) is 3.58. The zero-order valence-corrected chi connectivity index (χ0v) is 16.6. The Balaban J connectivity index is 1.49. The summed E-state index contributed by atoms with van der Waals surface area (Å²) in [6.45, 7) is 2.34. The van der Waals surface area contributed by atoms with Crippen LogP contribution in [0.15, 0.2) is 52.1 Å². The Kier molecular flexibility index (Phi) is 5.16. The SMILES string of the molecule is O=C(c1csc(S(=O)(=O)N2CC=C(c3ccccc3)CC2)c1)N1CCCC1. The third-order valence-electron chi connectivity index (χ3n) is 5.13. The molecular formula is C20H22N2O3S2. The van der Waals surface area contributed by atoms with Crippen LogP contribution in [0, 0.1) is 0 Å². The number of likely N-dealkylation sites (tertiary alicyclic amines) is 1. The van der Waals surface area contributed by atoms with Crippen molar-refractivity contribution in [3.05, 3.63) is 59.0 Å². The second-order valence-corrected chi connectivity index (χ2v) is 9.94. The van der Waals surface area contributed by atoms with Crippen LogP contribution in [0.3, 0.4) is 0 Å². The third-order valence-corrected chi connectivity index (χ3v) is 8.41. The van der Waals surface area contributed by atoms with Crippen molar-refractivity contribution >= 4 is 32.8 Å². The van der Waals surface area contributed by atoms with Gasteiger partial charge in [-0.25, -0.2) is 8.42 Å². The van der Waals surface area contributed by atoms with Crippen molar-refractivity contribution in [2.24, 2.45) is 0 Å². The predicted octanol–water partition coefficient (Wildman–Crippen LogP) is 3.46. The Morgan fingerprint density at radius 2 is 1.78 bits per heavy atom. The van der Waals surface area contributed by atoms with E-state index in [1.165, 1.54) is 15.9 Å². The van der Waals surface area contributed by atoms with E-state index in [2.05, 4.69) is 0 Å². The lowest BCUT2D eigenvalue weighted by molar-refractivity contribution is 0.0793. The summed E-state index contributed by atoms with van der Waals surface area (Å²) in [4.78, 5) is 14.3. The highest BCUT2D eigenvalue weighted by Crippen LogP contribution is 2.29. The van der Waals surface area contributed by atoms with E-state index in [4.69, 9.17) is 0 Å². The molecule has 0 aliphatic carbocycles. The molecule has 7 heteroatoms. The normalized spacial score (nSPS) is 18.5. The highest BCUT2D eigenvalue weighted by Gasteiger charge is 2.29. The lowest BCUT2D eigenvalue weighted by atomic mass is 10.0. The molecule has 2 aliphatic rings. The molecular weight excluding hydrogens is 380 g/mol. The first-order valence-corrected chi connectivity index (χ1v) is 11.5. The molecule has 0 atom stereocenters. The maximum atomic E-state index is 13.0. The van der Waals surface area contributed by atoms with Gasteiger partial charge in [0, 0.05) is 31.6 Å². The van der Waals surface area contributed by atoms with Crippen LogP contribution in [-0.4, -0.2) is 49.7 Å². The van der Waals surface area contributed by atoms with Gasteiger partial charge in [0.25, 0.3) is 15.9 Å². The average molecular weight is 403 g/mol. The van der Waals surface area contributed by atoms with E-state index in [0.29, 0.717) is 25.1 Å². The number of rotatable bonds is 4. The second-order valence-electron chi connectivity index (χ2n) is 6.86. The van der Waals surface area contributed by atoms with E-state index in [-0.39, 0.29) is 10.1 Å². The van der Waals surface area contributed by atoms with Gasteiger partial charge in [-0.3, -0.25) is 4.79 Å². The first kappa shape index (κ1) is 18.4. The van der Waals surface area contributed by atoms with Crippen LogP contribution in [0.4, 0.5) is 0 Å². The maximum Gasteiger partial charge on any atom is 0.254 e. The molecule has 2 aromatic rings. The van der Waals surface area contributed by atoms with E-state index in [9.17, 15) is 13.2 Å². The molecule has 0 N–H and O–H groups in total. The molecule has 1 aromatic heterocycles. The van der Waals surface area contributed by atoms with Crippen LogP contribution in [0.5, 0.6) is 0 Å². The topological polar surface area (TPSA) is 57.7 Å². The lowest BCUT2D eigenvalue weighted by Gasteiger charge is -2.25. The molecule has 4 rings (SSSR count). The Morgan fingerprint density at radius 3 is 2.44 bits per heavy atom. The molecule has 0 saturated carbocycles. The molecule has 3 heterocycles. The second kappa shape index (κ2) is 7.58. The molecule has 0 bridgehead atoms. The smallest absolute Gasteiger partial charge is 0.254 e. The number of carbonyl (C=O) groups is 1.